The molecule has 0 fully saturated rings. The summed E-state index contributed by atoms with van der Waals surface area (Å²) in [4.78, 5) is 11.8. The zero-order chi connectivity index (χ0) is 14.5. The van der Waals surface area contributed by atoms with Crippen LogP contribution in [0.25, 0.3) is 0 Å². The third-order valence-electron chi connectivity index (χ3n) is 2.96. The van der Waals surface area contributed by atoms with Crippen LogP contribution in [0.5, 0.6) is 0 Å². The molecule has 0 bridgehead atoms. The summed E-state index contributed by atoms with van der Waals surface area (Å²) in [6.07, 6.45) is 0.507. The van der Waals surface area contributed by atoms with Crippen LogP contribution in [0.2, 0.25) is 0 Å². The van der Waals surface area contributed by atoms with Gasteiger partial charge in [-0.2, -0.15) is 0 Å². The van der Waals surface area contributed by atoms with Crippen LogP contribution < -0.4 is 10.6 Å². The van der Waals surface area contributed by atoms with Gasteiger partial charge in [-0.1, -0.05) is 29.8 Å². The van der Waals surface area contributed by atoms with Crippen molar-refractivity contribution in [1.29, 1.82) is 0 Å². The van der Waals surface area contributed by atoms with Crippen LogP contribution in [-0.4, -0.2) is 18.0 Å². The van der Waals surface area contributed by atoms with Crippen molar-refractivity contribution in [2.24, 2.45) is 0 Å². The van der Waals surface area contributed by atoms with E-state index in [0.717, 1.165) is 5.56 Å². The number of amides is 1. The molecule has 2 N–H and O–H groups in total. The Labute approximate surface area is 116 Å². The number of carbonyl (C=O) groups excluding carboxylic acids is 1. The fourth-order valence-electron chi connectivity index (χ4n) is 1.80. The van der Waals surface area contributed by atoms with Crippen molar-refractivity contribution in [3.05, 3.63) is 35.4 Å². The molecule has 0 saturated carbocycles. The highest BCUT2D eigenvalue weighted by atomic mass is 16.1. The maximum absolute atomic E-state index is 11.8. The second kappa shape index (κ2) is 6.71. The first-order valence-electron chi connectivity index (χ1n) is 6.89. The predicted octanol–water partition coefficient (Wildman–Crippen LogP) is 2.95. The van der Waals surface area contributed by atoms with E-state index in [1.807, 2.05) is 6.92 Å². The van der Waals surface area contributed by atoms with E-state index in [1.165, 1.54) is 5.56 Å². The number of hydrogen-bond donors (Lipinski definition) is 2. The Balaban J connectivity index is 2.38. The molecule has 1 amide bonds. The second-order valence-electron chi connectivity index (χ2n) is 6.13. The standard InChI is InChI=1S/C16H26N2O/c1-12-6-8-14(9-7-12)13(2)18-15(19)10-11-17-16(3,4)5/h6-9,13,17H,10-11H2,1-5H3,(H,18,19). The van der Waals surface area contributed by atoms with Crippen molar-refractivity contribution in [3.63, 3.8) is 0 Å². The molecule has 1 atom stereocenters. The molecule has 106 valence electrons. The number of benzene rings is 1. The molecule has 0 saturated heterocycles. The van der Waals surface area contributed by atoms with E-state index in [9.17, 15) is 4.79 Å². The van der Waals surface area contributed by atoms with Gasteiger partial charge in [0.1, 0.15) is 0 Å². The van der Waals surface area contributed by atoms with Gasteiger partial charge in [-0.05, 0) is 40.2 Å². The molecule has 3 nitrogen and oxygen atoms in total. The topological polar surface area (TPSA) is 41.1 Å². The maximum Gasteiger partial charge on any atom is 0.221 e. The van der Waals surface area contributed by atoms with Crippen LogP contribution in [0.3, 0.4) is 0 Å². The Morgan fingerprint density at radius 3 is 2.32 bits per heavy atom. The highest BCUT2D eigenvalue weighted by Gasteiger charge is 2.12. The quantitative estimate of drug-likeness (QED) is 0.856. The molecule has 3 heteroatoms. The summed E-state index contributed by atoms with van der Waals surface area (Å²) in [6, 6.07) is 8.32. The normalized spacial score (nSPS) is 13.1. The van der Waals surface area contributed by atoms with Gasteiger partial charge >= 0.3 is 0 Å². The minimum Gasteiger partial charge on any atom is -0.350 e. The summed E-state index contributed by atoms with van der Waals surface area (Å²) in [5, 5.41) is 6.34. The number of carbonyl (C=O) groups is 1. The van der Waals surface area contributed by atoms with Gasteiger partial charge < -0.3 is 10.6 Å². The minimum absolute atomic E-state index is 0.0581. The van der Waals surface area contributed by atoms with Crippen LogP contribution >= 0.6 is 0 Å². The van der Waals surface area contributed by atoms with Crippen molar-refractivity contribution < 1.29 is 4.79 Å². The largest absolute Gasteiger partial charge is 0.350 e. The van der Waals surface area contributed by atoms with E-state index in [-0.39, 0.29) is 17.5 Å². The molecule has 1 aromatic carbocycles. The maximum atomic E-state index is 11.8. The third-order valence-corrected chi connectivity index (χ3v) is 2.96. The number of rotatable bonds is 5. The van der Waals surface area contributed by atoms with Gasteiger partial charge in [0.15, 0.2) is 0 Å². The first-order valence-corrected chi connectivity index (χ1v) is 6.89. The molecule has 1 unspecified atom stereocenters. The summed E-state index contributed by atoms with van der Waals surface area (Å²) in [7, 11) is 0. The molecule has 0 heterocycles. The van der Waals surface area contributed by atoms with Crippen LogP contribution in [0, 0.1) is 6.92 Å². The molecule has 1 rings (SSSR count). The van der Waals surface area contributed by atoms with Gasteiger partial charge in [-0.3, -0.25) is 4.79 Å². The zero-order valence-corrected chi connectivity index (χ0v) is 12.7. The summed E-state index contributed by atoms with van der Waals surface area (Å²) in [5.74, 6) is 0.0878. The molecule has 0 aliphatic carbocycles. The van der Waals surface area contributed by atoms with E-state index in [0.29, 0.717) is 13.0 Å². The lowest BCUT2D eigenvalue weighted by Gasteiger charge is -2.21. The molecule has 0 aliphatic heterocycles. The molecular formula is C16H26N2O. The van der Waals surface area contributed by atoms with Crippen molar-refractivity contribution in [2.75, 3.05) is 6.54 Å². The van der Waals surface area contributed by atoms with E-state index in [4.69, 9.17) is 0 Å². The van der Waals surface area contributed by atoms with Crippen molar-refractivity contribution >= 4 is 5.91 Å². The average Bonchev–Trinajstić information content (AvgIpc) is 2.27. The lowest BCUT2D eigenvalue weighted by atomic mass is 10.1. The molecule has 19 heavy (non-hydrogen) atoms. The summed E-state index contributed by atoms with van der Waals surface area (Å²) >= 11 is 0. The summed E-state index contributed by atoms with van der Waals surface area (Å²) in [6.45, 7) is 11.1. The van der Waals surface area contributed by atoms with Crippen molar-refractivity contribution in [2.45, 2.75) is 52.6 Å². The first kappa shape index (κ1) is 15.7. The van der Waals surface area contributed by atoms with Gasteiger partial charge in [-0.25, -0.2) is 0 Å². The Hall–Kier alpha value is -1.35. The monoisotopic (exact) mass is 262 g/mol. The molecule has 0 spiro atoms. The molecule has 0 radical (unpaired) electrons. The third kappa shape index (κ3) is 6.39. The smallest absolute Gasteiger partial charge is 0.221 e. The van der Waals surface area contributed by atoms with Gasteiger partial charge in [0.25, 0.3) is 0 Å². The number of nitrogens with one attached hydrogen (secondary N) is 2. The van der Waals surface area contributed by atoms with Gasteiger partial charge in [-0.15, -0.1) is 0 Å². The Bertz CT molecular complexity index is 404. The molecule has 0 aliphatic rings. The molecule has 0 aromatic heterocycles. The average molecular weight is 262 g/mol. The number of hydrogen-bond acceptors (Lipinski definition) is 2. The fraction of sp³-hybridized carbons (Fsp3) is 0.562. The van der Waals surface area contributed by atoms with Crippen LogP contribution in [0.1, 0.15) is 51.3 Å². The van der Waals surface area contributed by atoms with E-state index in [1.54, 1.807) is 0 Å². The SMILES string of the molecule is Cc1ccc(C(C)NC(=O)CCNC(C)(C)C)cc1. The highest BCUT2D eigenvalue weighted by molar-refractivity contribution is 5.76. The van der Waals surface area contributed by atoms with Crippen molar-refractivity contribution in [3.8, 4) is 0 Å². The number of aryl methyl sites for hydroxylation is 1. The van der Waals surface area contributed by atoms with Gasteiger partial charge in [0.2, 0.25) is 5.91 Å². The second-order valence-corrected chi connectivity index (χ2v) is 6.13. The van der Waals surface area contributed by atoms with Crippen LogP contribution in [-0.2, 0) is 4.79 Å². The van der Waals surface area contributed by atoms with Crippen molar-refractivity contribution in [1.82, 2.24) is 10.6 Å². The Morgan fingerprint density at radius 2 is 1.79 bits per heavy atom. The molecule has 1 aromatic rings. The van der Waals surface area contributed by atoms with E-state index < -0.39 is 0 Å². The highest BCUT2D eigenvalue weighted by Crippen LogP contribution is 2.13. The minimum atomic E-state index is 0.0581. The van der Waals surface area contributed by atoms with E-state index >= 15 is 0 Å². The summed E-state index contributed by atoms with van der Waals surface area (Å²) < 4.78 is 0. The first-order chi connectivity index (χ1) is 8.78. The fourth-order valence-corrected chi connectivity index (χ4v) is 1.80. The summed E-state index contributed by atoms with van der Waals surface area (Å²) in [5.41, 5.74) is 2.43. The van der Waals surface area contributed by atoms with E-state index in [2.05, 4.69) is 62.6 Å². The predicted molar refractivity (Wildman–Crippen MR) is 80.1 cm³/mol. The lowest BCUT2D eigenvalue weighted by molar-refractivity contribution is -0.121. The van der Waals surface area contributed by atoms with Crippen LogP contribution in [0.4, 0.5) is 0 Å². The Kier molecular flexibility index (Phi) is 5.55. The zero-order valence-electron chi connectivity index (χ0n) is 12.7. The van der Waals surface area contributed by atoms with Gasteiger partial charge in [0.05, 0.1) is 6.04 Å². The Morgan fingerprint density at radius 1 is 1.21 bits per heavy atom. The lowest BCUT2D eigenvalue weighted by Crippen LogP contribution is -2.38. The molecular weight excluding hydrogens is 236 g/mol. The van der Waals surface area contributed by atoms with Gasteiger partial charge in [0, 0.05) is 18.5 Å². The van der Waals surface area contributed by atoms with Crippen LogP contribution in [0.15, 0.2) is 24.3 Å².